The SMILES string of the molecule is COc1ccc(OC)c(-c2noc(CN3C(=O)N(C4CC4)C(=O)C4CCCCC43)n2)c1. The molecule has 2 aliphatic carbocycles. The topological polar surface area (TPSA) is 98.0 Å². The van der Waals surface area contributed by atoms with Gasteiger partial charge >= 0.3 is 6.03 Å². The van der Waals surface area contributed by atoms with E-state index < -0.39 is 0 Å². The van der Waals surface area contributed by atoms with Gasteiger partial charge in [0.2, 0.25) is 17.6 Å². The van der Waals surface area contributed by atoms with Crippen molar-refractivity contribution < 1.29 is 23.6 Å². The number of carbonyl (C=O) groups is 2. The van der Waals surface area contributed by atoms with Crippen LogP contribution in [0.1, 0.15) is 44.4 Å². The Morgan fingerprint density at radius 3 is 2.65 bits per heavy atom. The van der Waals surface area contributed by atoms with Crippen molar-refractivity contribution in [3.8, 4) is 22.9 Å². The molecule has 9 nitrogen and oxygen atoms in total. The van der Waals surface area contributed by atoms with E-state index >= 15 is 0 Å². The van der Waals surface area contributed by atoms with Gasteiger partial charge in [0, 0.05) is 12.1 Å². The van der Waals surface area contributed by atoms with E-state index in [0.717, 1.165) is 38.5 Å². The van der Waals surface area contributed by atoms with Crippen LogP contribution >= 0.6 is 0 Å². The van der Waals surface area contributed by atoms with E-state index in [2.05, 4.69) is 10.1 Å². The largest absolute Gasteiger partial charge is 0.497 e. The van der Waals surface area contributed by atoms with Crippen molar-refractivity contribution in [2.75, 3.05) is 14.2 Å². The molecule has 0 N–H and O–H groups in total. The first-order valence-electron chi connectivity index (χ1n) is 10.8. The zero-order chi connectivity index (χ0) is 21.5. The molecule has 0 radical (unpaired) electrons. The van der Waals surface area contributed by atoms with E-state index in [9.17, 15) is 9.59 Å². The Bertz CT molecular complexity index is 1000. The van der Waals surface area contributed by atoms with Crippen molar-refractivity contribution >= 4 is 11.9 Å². The van der Waals surface area contributed by atoms with Gasteiger partial charge in [-0.3, -0.25) is 9.69 Å². The molecule has 2 atom stereocenters. The third-order valence-electron chi connectivity index (χ3n) is 6.47. The van der Waals surface area contributed by atoms with Crippen molar-refractivity contribution in [1.29, 1.82) is 0 Å². The average molecular weight is 426 g/mol. The minimum atomic E-state index is -0.227. The predicted molar refractivity (Wildman–Crippen MR) is 109 cm³/mol. The lowest BCUT2D eigenvalue weighted by atomic mass is 9.81. The molecule has 2 saturated carbocycles. The van der Waals surface area contributed by atoms with E-state index in [1.54, 1.807) is 37.3 Å². The van der Waals surface area contributed by atoms with Crippen LogP contribution in [0.2, 0.25) is 0 Å². The lowest BCUT2D eigenvalue weighted by molar-refractivity contribution is -0.141. The summed E-state index contributed by atoms with van der Waals surface area (Å²) in [5.74, 6) is 1.82. The van der Waals surface area contributed by atoms with Crippen LogP contribution in [0, 0.1) is 5.92 Å². The van der Waals surface area contributed by atoms with Crippen LogP contribution in [0.25, 0.3) is 11.4 Å². The Kier molecular flexibility index (Phi) is 5.03. The molecule has 2 heterocycles. The first-order valence-corrected chi connectivity index (χ1v) is 10.8. The molecule has 3 amide bonds. The first kappa shape index (κ1) is 19.8. The number of imide groups is 1. The molecular formula is C22H26N4O5. The van der Waals surface area contributed by atoms with Crippen LogP contribution in [-0.4, -0.2) is 58.2 Å². The number of aromatic nitrogens is 2. The van der Waals surface area contributed by atoms with Crippen molar-refractivity contribution in [3.05, 3.63) is 24.1 Å². The summed E-state index contributed by atoms with van der Waals surface area (Å²) in [7, 11) is 3.16. The lowest BCUT2D eigenvalue weighted by Crippen LogP contribution is -2.62. The smallest absolute Gasteiger partial charge is 0.327 e. The minimum Gasteiger partial charge on any atom is -0.497 e. The van der Waals surface area contributed by atoms with E-state index in [1.807, 2.05) is 0 Å². The molecule has 1 aromatic carbocycles. The zero-order valence-corrected chi connectivity index (χ0v) is 17.7. The third-order valence-corrected chi connectivity index (χ3v) is 6.47. The second kappa shape index (κ2) is 7.86. The zero-order valence-electron chi connectivity index (χ0n) is 17.7. The summed E-state index contributed by atoms with van der Waals surface area (Å²) in [6, 6.07) is 5.07. The van der Waals surface area contributed by atoms with Gasteiger partial charge in [-0.15, -0.1) is 0 Å². The number of carbonyl (C=O) groups excluding carboxylic acids is 2. The van der Waals surface area contributed by atoms with Crippen LogP contribution < -0.4 is 9.47 Å². The fourth-order valence-corrected chi connectivity index (χ4v) is 4.74. The quantitative estimate of drug-likeness (QED) is 0.699. The van der Waals surface area contributed by atoms with Crippen LogP contribution in [0.3, 0.4) is 0 Å². The van der Waals surface area contributed by atoms with Gasteiger partial charge in [0.15, 0.2) is 0 Å². The normalized spacial score (nSPS) is 23.7. The number of hydrogen-bond acceptors (Lipinski definition) is 7. The molecule has 3 aliphatic rings. The Morgan fingerprint density at radius 1 is 1.10 bits per heavy atom. The number of ether oxygens (including phenoxy) is 2. The summed E-state index contributed by atoms with van der Waals surface area (Å²) in [6.45, 7) is 0.190. The van der Waals surface area contributed by atoms with Crippen molar-refractivity contribution in [2.45, 2.75) is 57.2 Å². The summed E-state index contributed by atoms with van der Waals surface area (Å²) >= 11 is 0. The fourth-order valence-electron chi connectivity index (χ4n) is 4.74. The minimum absolute atomic E-state index is 0.000727. The number of fused-ring (bicyclic) bond motifs is 1. The Hall–Kier alpha value is -3.10. The Labute approximate surface area is 180 Å². The van der Waals surface area contributed by atoms with E-state index in [0.29, 0.717) is 28.8 Å². The molecule has 0 spiro atoms. The number of benzene rings is 1. The summed E-state index contributed by atoms with van der Waals surface area (Å²) in [5, 5.41) is 4.11. The molecule has 31 heavy (non-hydrogen) atoms. The molecule has 164 valence electrons. The molecular weight excluding hydrogens is 400 g/mol. The van der Waals surface area contributed by atoms with Crippen LogP contribution in [0.4, 0.5) is 4.79 Å². The van der Waals surface area contributed by atoms with Gasteiger partial charge in [-0.05, 0) is 43.9 Å². The molecule has 5 rings (SSSR count). The fraction of sp³-hybridized carbons (Fsp3) is 0.545. The van der Waals surface area contributed by atoms with E-state index in [1.165, 1.54) is 4.90 Å². The number of amides is 3. The number of hydrogen-bond donors (Lipinski definition) is 0. The third kappa shape index (κ3) is 3.51. The van der Waals surface area contributed by atoms with Crippen LogP contribution in [0.15, 0.2) is 22.7 Å². The summed E-state index contributed by atoms with van der Waals surface area (Å²) < 4.78 is 16.2. The average Bonchev–Trinajstić information content (AvgIpc) is 3.52. The second-order valence-corrected chi connectivity index (χ2v) is 8.39. The molecule has 1 aromatic heterocycles. The second-order valence-electron chi connectivity index (χ2n) is 8.39. The van der Waals surface area contributed by atoms with Crippen LogP contribution in [0.5, 0.6) is 11.5 Å². The number of methoxy groups -OCH3 is 2. The molecule has 9 heteroatoms. The maximum absolute atomic E-state index is 13.2. The summed E-state index contributed by atoms with van der Waals surface area (Å²) in [6.07, 6.45) is 5.47. The number of rotatable bonds is 6. The monoisotopic (exact) mass is 426 g/mol. The highest BCUT2D eigenvalue weighted by Crippen LogP contribution is 2.40. The Morgan fingerprint density at radius 2 is 1.90 bits per heavy atom. The molecule has 2 unspecified atom stereocenters. The van der Waals surface area contributed by atoms with Gasteiger partial charge < -0.3 is 18.9 Å². The van der Waals surface area contributed by atoms with Gasteiger partial charge in [0.25, 0.3) is 0 Å². The van der Waals surface area contributed by atoms with Crippen LogP contribution in [-0.2, 0) is 11.3 Å². The first-order chi connectivity index (χ1) is 15.1. The lowest BCUT2D eigenvalue weighted by Gasteiger charge is -2.46. The Balaban J connectivity index is 1.42. The maximum atomic E-state index is 13.2. The van der Waals surface area contributed by atoms with Gasteiger partial charge in [-0.2, -0.15) is 4.98 Å². The van der Waals surface area contributed by atoms with E-state index in [4.69, 9.17) is 14.0 Å². The van der Waals surface area contributed by atoms with Gasteiger partial charge in [0.1, 0.15) is 18.0 Å². The van der Waals surface area contributed by atoms with Crippen molar-refractivity contribution in [1.82, 2.24) is 19.9 Å². The maximum Gasteiger partial charge on any atom is 0.327 e. The van der Waals surface area contributed by atoms with Gasteiger partial charge in [-0.25, -0.2) is 4.79 Å². The highest BCUT2D eigenvalue weighted by atomic mass is 16.5. The molecule has 3 fully saturated rings. The van der Waals surface area contributed by atoms with Gasteiger partial charge in [-0.1, -0.05) is 18.0 Å². The molecule has 2 aromatic rings. The number of urea groups is 1. The summed E-state index contributed by atoms with van der Waals surface area (Å²) in [4.78, 5) is 34.0. The molecule has 0 bridgehead atoms. The highest BCUT2D eigenvalue weighted by molar-refractivity contribution is 5.99. The molecule has 1 aliphatic heterocycles. The van der Waals surface area contributed by atoms with Crippen molar-refractivity contribution in [3.63, 3.8) is 0 Å². The van der Waals surface area contributed by atoms with Gasteiger partial charge in [0.05, 0.1) is 25.7 Å². The number of nitrogens with zero attached hydrogens (tertiary/aromatic N) is 4. The summed E-state index contributed by atoms with van der Waals surface area (Å²) in [5.41, 5.74) is 0.646. The van der Waals surface area contributed by atoms with E-state index in [-0.39, 0.29) is 36.5 Å². The predicted octanol–water partition coefficient (Wildman–Crippen LogP) is 3.24. The van der Waals surface area contributed by atoms with Crippen molar-refractivity contribution in [2.24, 2.45) is 5.92 Å². The standard InChI is InChI=1S/C22H26N4O5/c1-29-14-9-10-18(30-2)16(11-14)20-23-19(31-24-20)12-25-17-6-4-3-5-15(17)21(27)26(22(25)28)13-7-8-13/h9-11,13,15,17H,3-8,12H2,1-2H3. The highest BCUT2D eigenvalue weighted by Gasteiger charge is 2.51. The molecule has 1 saturated heterocycles.